The smallest absolute Gasteiger partial charge is 0.304 e. The third-order valence-electron chi connectivity index (χ3n) is 7.31. The van der Waals surface area contributed by atoms with E-state index in [0.717, 1.165) is 67.8 Å². The molecular weight excluding hydrogens is 496 g/mol. The first-order valence-corrected chi connectivity index (χ1v) is 13.0. The quantitative estimate of drug-likeness (QED) is 0.274. The molecule has 200 valence electrons. The van der Waals surface area contributed by atoms with E-state index in [2.05, 4.69) is 42.5 Å². The van der Waals surface area contributed by atoms with Crippen LogP contribution in [0.15, 0.2) is 59.1 Å². The molecule has 0 saturated heterocycles. The molecule has 4 aromatic rings. The summed E-state index contributed by atoms with van der Waals surface area (Å²) in [6, 6.07) is 18.1. The second-order valence-corrected chi connectivity index (χ2v) is 10.2. The van der Waals surface area contributed by atoms with Crippen LogP contribution in [0.2, 0.25) is 0 Å². The molecule has 0 radical (unpaired) electrons. The van der Waals surface area contributed by atoms with E-state index in [1.54, 1.807) is 0 Å². The van der Waals surface area contributed by atoms with E-state index in [4.69, 9.17) is 23.8 Å². The maximum absolute atomic E-state index is 11.2. The number of ether oxygens (including phenoxy) is 3. The lowest BCUT2D eigenvalue weighted by Gasteiger charge is -2.17. The molecule has 2 N–H and O–H groups in total. The molecule has 8 nitrogen and oxygen atoms in total. The molecule has 6 rings (SSSR count). The zero-order valence-electron chi connectivity index (χ0n) is 22.1. The lowest BCUT2D eigenvalue weighted by Crippen LogP contribution is -2.11. The van der Waals surface area contributed by atoms with Gasteiger partial charge in [0.25, 0.3) is 0 Å². The number of nitrogens with zero attached hydrogens (tertiary/aromatic N) is 1. The first kappa shape index (κ1) is 24.9. The largest absolute Gasteiger partial charge is 0.493 e. The van der Waals surface area contributed by atoms with Gasteiger partial charge in [-0.3, -0.25) is 4.79 Å². The number of carboxylic acid groups (broad SMARTS) is 1. The van der Waals surface area contributed by atoms with Crippen molar-refractivity contribution in [2.75, 3.05) is 18.5 Å². The molecule has 39 heavy (non-hydrogen) atoms. The van der Waals surface area contributed by atoms with E-state index in [1.807, 2.05) is 43.3 Å². The Labute approximate surface area is 226 Å². The van der Waals surface area contributed by atoms with Crippen LogP contribution in [0.1, 0.15) is 52.1 Å². The molecule has 0 aliphatic carbocycles. The van der Waals surface area contributed by atoms with Gasteiger partial charge in [-0.2, -0.15) is 0 Å². The summed E-state index contributed by atoms with van der Waals surface area (Å²) in [5, 5.41) is 16.7. The van der Waals surface area contributed by atoms with E-state index in [1.165, 1.54) is 0 Å². The number of nitrogens with one attached hydrogen (secondary N) is 1. The number of fused-ring (bicyclic) bond motifs is 2. The van der Waals surface area contributed by atoms with Crippen molar-refractivity contribution in [2.24, 2.45) is 0 Å². The number of para-hydroxylation sites is 1. The summed E-state index contributed by atoms with van der Waals surface area (Å²) in [7, 11) is 0. The minimum absolute atomic E-state index is 0.0247. The highest BCUT2D eigenvalue weighted by Crippen LogP contribution is 2.45. The van der Waals surface area contributed by atoms with Gasteiger partial charge in [-0.05, 0) is 55.7 Å². The van der Waals surface area contributed by atoms with Crippen molar-refractivity contribution in [3.8, 4) is 28.4 Å². The number of anilines is 1. The SMILES string of the molecule is Cc1cc(COc2cc(C)c(-c3cccc4c3OC[C@H]4Nc3ccc4c(c3)OC[C@H]4CC(=O)O)c(C)c2)no1. The zero-order chi connectivity index (χ0) is 27.1. The Kier molecular flexibility index (Phi) is 6.38. The molecule has 3 aromatic carbocycles. The Morgan fingerprint density at radius 2 is 1.85 bits per heavy atom. The number of benzene rings is 3. The van der Waals surface area contributed by atoms with Gasteiger partial charge in [0.1, 0.15) is 41.9 Å². The van der Waals surface area contributed by atoms with Gasteiger partial charge in [-0.15, -0.1) is 0 Å². The second-order valence-electron chi connectivity index (χ2n) is 10.2. The Morgan fingerprint density at radius 3 is 2.59 bits per heavy atom. The average Bonchev–Trinajstić information content (AvgIpc) is 3.61. The Balaban J connectivity index is 1.21. The summed E-state index contributed by atoms with van der Waals surface area (Å²) in [5.41, 5.74) is 8.10. The molecule has 8 heteroatoms. The molecule has 0 saturated carbocycles. The van der Waals surface area contributed by atoms with Gasteiger partial charge in [0.15, 0.2) is 0 Å². The van der Waals surface area contributed by atoms with Crippen molar-refractivity contribution < 1.29 is 28.6 Å². The van der Waals surface area contributed by atoms with Crippen LogP contribution in [-0.4, -0.2) is 29.4 Å². The highest BCUT2D eigenvalue weighted by atomic mass is 16.5. The molecular formula is C31H30N2O6. The first-order valence-electron chi connectivity index (χ1n) is 13.0. The molecule has 2 atom stereocenters. The second kappa shape index (κ2) is 10.0. The summed E-state index contributed by atoms with van der Waals surface area (Å²) >= 11 is 0. The van der Waals surface area contributed by atoms with Crippen LogP contribution in [0.25, 0.3) is 11.1 Å². The van der Waals surface area contributed by atoms with E-state index >= 15 is 0 Å². The first-order chi connectivity index (χ1) is 18.9. The molecule has 0 fully saturated rings. The van der Waals surface area contributed by atoms with Crippen molar-refractivity contribution in [3.05, 3.63) is 88.3 Å². The number of carboxylic acids is 1. The van der Waals surface area contributed by atoms with Crippen LogP contribution in [-0.2, 0) is 11.4 Å². The fourth-order valence-electron chi connectivity index (χ4n) is 5.59. The van der Waals surface area contributed by atoms with Crippen LogP contribution in [0, 0.1) is 20.8 Å². The third kappa shape index (κ3) is 4.90. The van der Waals surface area contributed by atoms with Gasteiger partial charge in [0.2, 0.25) is 0 Å². The van der Waals surface area contributed by atoms with Gasteiger partial charge in [-0.1, -0.05) is 29.4 Å². The number of hydrogen-bond acceptors (Lipinski definition) is 7. The van der Waals surface area contributed by atoms with Gasteiger partial charge >= 0.3 is 5.97 Å². The van der Waals surface area contributed by atoms with E-state index < -0.39 is 5.97 Å². The highest BCUT2D eigenvalue weighted by Gasteiger charge is 2.30. The molecule has 0 spiro atoms. The van der Waals surface area contributed by atoms with Crippen molar-refractivity contribution in [1.29, 1.82) is 0 Å². The van der Waals surface area contributed by atoms with Crippen LogP contribution < -0.4 is 19.5 Å². The molecule has 2 aliphatic rings. The van der Waals surface area contributed by atoms with E-state index in [0.29, 0.717) is 19.8 Å². The fourth-order valence-corrected chi connectivity index (χ4v) is 5.59. The topological polar surface area (TPSA) is 103 Å². The zero-order valence-corrected chi connectivity index (χ0v) is 22.1. The molecule has 0 bridgehead atoms. The maximum Gasteiger partial charge on any atom is 0.304 e. The number of rotatable bonds is 8. The highest BCUT2D eigenvalue weighted by molar-refractivity contribution is 5.79. The minimum Gasteiger partial charge on any atom is -0.493 e. The number of hydrogen-bond donors (Lipinski definition) is 2. The lowest BCUT2D eigenvalue weighted by atomic mass is 9.92. The van der Waals surface area contributed by atoms with Crippen LogP contribution in [0.5, 0.6) is 17.2 Å². The molecule has 1 aromatic heterocycles. The molecule has 3 heterocycles. The van der Waals surface area contributed by atoms with E-state index in [-0.39, 0.29) is 18.4 Å². The standard InChI is InChI=1S/C31H30N2O6/c1-17-9-23(36-15-22-11-19(3)39-33-22)10-18(2)30(17)26-6-4-5-25-27(16-38-31(25)26)32-21-7-8-24-20(12-29(34)35)14-37-28(24)13-21/h4-11,13,20,27,32H,12,14-16H2,1-3H3,(H,34,35)/t20-,27-/m1/s1. The van der Waals surface area contributed by atoms with Crippen LogP contribution in [0.3, 0.4) is 0 Å². The summed E-state index contributed by atoms with van der Waals surface area (Å²) in [5.74, 6) is 2.24. The number of aliphatic carboxylic acids is 1. The average molecular weight is 527 g/mol. The van der Waals surface area contributed by atoms with Gasteiger partial charge in [0.05, 0.1) is 19.1 Å². The van der Waals surface area contributed by atoms with Crippen molar-refractivity contribution in [3.63, 3.8) is 0 Å². The predicted octanol–water partition coefficient (Wildman–Crippen LogP) is 6.34. The normalized spacial score (nSPS) is 17.2. The maximum atomic E-state index is 11.2. The monoisotopic (exact) mass is 526 g/mol. The predicted molar refractivity (Wildman–Crippen MR) is 146 cm³/mol. The number of aryl methyl sites for hydroxylation is 3. The Hall–Kier alpha value is -4.46. The summed E-state index contributed by atoms with van der Waals surface area (Å²) in [6.45, 7) is 7.28. The molecule has 2 aliphatic heterocycles. The Morgan fingerprint density at radius 1 is 1.03 bits per heavy atom. The fraction of sp³-hybridized carbons (Fsp3) is 0.290. The number of aromatic nitrogens is 1. The van der Waals surface area contributed by atoms with Crippen molar-refractivity contribution in [1.82, 2.24) is 5.16 Å². The Bertz CT molecular complexity index is 1540. The van der Waals surface area contributed by atoms with E-state index in [9.17, 15) is 4.79 Å². The molecule has 0 amide bonds. The number of carbonyl (C=O) groups is 1. The molecule has 0 unspecified atom stereocenters. The van der Waals surface area contributed by atoms with Gasteiger partial charge in [-0.25, -0.2) is 0 Å². The van der Waals surface area contributed by atoms with Crippen molar-refractivity contribution >= 4 is 11.7 Å². The summed E-state index contributed by atoms with van der Waals surface area (Å²) in [6.07, 6.45) is 0.0691. The summed E-state index contributed by atoms with van der Waals surface area (Å²) < 4.78 is 23.2. The van der Waals surface area contributed by atoms with Crippen molar-refractivity contribution in [2.45, 2.75) is 45.8 Å². The lowest BCUT2D eigenvalue weighted by molar-refractivity contribution is -0.137. The minimum atomic E-state index is -0.816. The van der Waals surface area contributed by atoms with Crippen LogP contribution >= 0.6 is 0 Å². The van der Waals surface area contributed by atoms with Crippen LogP contribution in [0.4, 0.5) is 5.69 Å². The third-order valence-corrected chi connectivity index (χ3v) is 7.31. The van der Waals surface area contributed by atoms with Gasteiger partial charge < -0.3 is 29.2 Å². The summed E-state index contributed by atoms with van der Waals surface area (Å²) in [4.78, 5) is 11.2. The van der Waals surface area contributed by atoms with Gasteiger partial charge in [0, 0.05) is 40.4 Å².